The SMILES string of the molecule is CSCc1ccc(-c2cc3c(cn2)OC(C2CCN(/C(N)=N/O)CC2)C3)cc1. The van der Waals surface area contributed by atoms with Gasteiger partial charge in [-0.3, -0.25) is 4.98 Å². The summed E-state index contributed by atoms with van der Waals surface area (Å²) in [6.45, 7) is 1.59. The first-order valence-corrected chi connectivity index (χ1v) is 11.0. The maximum Gasteiger partial charge on any atom is 0.233 e. The number of likely N-dealkylation sites (tertiary alicyclic amines) is 1. The van der Waals surface area contributed by atoms with Gasteiger partial charge in [0.2, 0.25) is 5.96 Å². The number of nitrogens with zero attached hydrogens (tertiary/aromatic N) is 3. The molecule has 1 atom stereocenters. The minimum Gasteiger partial charge on any atom is -0.488 e. The number of pyridine rings is 1. The zero-order chi connectivity index (χ0) is 19.5. The fourth-order valence-electron chi connectivity index (χ4n) is 4.09. The van der Waals surface area contributed by atoms with E-state index < -0.39 is 0 Å². The van der Waals surface area contributed by atoms with Gasteiger partial charge < -0.3 is 20.6 Å². The minimum absolute atomic E-state index is 0.186. The summed E-state index contributed by atoms with van der Waals surface area (Å²) < 4.78 is 6.22. The molecule has 1 saturated heterocycles. The molecule has 28 heavy (non-hydrogen) atoms. The van der Waals surface area contributed by atoms with Gasteiger partial charge in [-0.25, -0.2) is 0 Å². The van der Waals surface area contributed by atoms with E-state index in [-0.39, 0.29) is 12.1 Å². The molecule has 2 aliphatic rings. The van der Waals surface area contributed by atoms with E-state index in [0.29, 0.717) is 5.92 Å². The number of guanidine groups is 1. The predicted molar refractivity (Wildman–Crippen MR) is 113 cm³/mol. The Hall–Kier alpha value is -2.41. The molecule has 3 N–H and O–H groups in total. The molecular formula is C21H26N4O2S. The third-order valence-electron chi connectivity index (χ3n) is 5.70. The molecule has 1 aromatic carbocycles. The van der Waals surface area contributed by atoms with Gasteiger partial charge in [-0.1, -0.05) is 29.4 Å². The van der Waals surface area contributed by atoms with Crippen molar-refractivity contribution in [3.05, 3.63) is 47.7 Å². The maximum absolute atomic E-state index is 8.83. The topological polar surface area (TPSA) is 84.0 Å². The first-order chi connectivity index (χ1) is 13.7. The van der Waals surface area contributed by atoms with E-state index in [0.717, 1.165) is 55.1 Å². The number of hydrogen-bond donors (Lipinski definition) is 2. The summed E-state index contributed by atoms with van der Waals surface area (Å²) in [5, 5.41) is 11.9. The summed E-state index contributed by atoms with van der Waals surface area (Å²) in [5.74, 6) is 2.62. The van der Waals surface area contributed by atoms with Crippen LogP contribution in [0.25, 0.3) is 11.3 Å². The van der Waals surface area contributed by atoms with Crippen molar-refractivity contribution in [2.45, 2.75) is 31.1 Å². The number of benzene rings is 1. The van der Waals surface area contributed by atoms with Crippen LogP contribution in [0.2, 0.25) is 0 Å². The van der Waals surface area contributed by atoms with Crippen molar-refractivity contribution in [3.8, 4) is 17.0 Å². The van der Waals surface area contributed by atoms with Crippen LogP contribution in [0.5, 0.6) is 5.75 Å². The third kappa shape index (κ3) is 3.90. The summed E-state index contributed by atoms with van der Waals surface area (Å²) in [7, 11) is 0. The third-order valence-corrected chi connectivity index (χ3v) is 6.32. The van der Waals surface area contributed by atoms with Crippen LogP contribution in [0.1, 0.15) is 24.0 Å². The fourth-order valence-corrected chi connectivity index (χ4v) is 4.62. The Morgan fingerprint density at radius 2 is 2.07 bits per heavy atom. The molecule has 2 aromatic rings. The second-order valence-corrected chi connectivity index (χ2v) is 8.32. The molecule has 6 nitrogen and oxygen atoms in total. The minimum atomic E-state index is 0.186. The molecule has 148 valence electrons. The van der Waals surface area contributed by atoms with Gasteiger partial charge in [0.15, 0.2) is 0 Å². The van der Waals surface area contributed by atoms with E-state index in [4.69, 9.17) is 15.7 Å². The van der Waals surface area contributed by atoms with Gasteiger partial charge in [0.05, 0.1) is 11.9 Å². The van der Waals surface area contributed by atoms with Crippen LogP contribution in [0.3, 0.4) is 0 Å². The van der Waals surface area contributed by atoms with Crippen LogP contribution in [0.15, 0.2) is 41.7 Å². The van der Waals surface area contributed by atoms with E-state index >= 15 is 0 Å². The smallest absolute Gasteiger partial charge is 0.233 e. The summed E-state index contributed by atoms with van der Waals surface area (Å²) in [6, 6.07) is 10.8. The van der Waals surface area contributed by atoms with Crippen LogP contribution >= 0.6 is 11.8 Å². The number of piperidine rings is 1. The second kappa shape index (κ2) is 8.31. The van der Waals surface area contributed by atoms with Crippen molar-refractivity contribution in [2.24, 2.45) is 16.8 Å². The Bertz CT molecular complexity index is 848. The van der Waals surface area contributed by atoms with Gasteiger partial charge in [0.25, 0.3) is 0 Å². The highest BCUT2D eigenvalue weighted by molar-refractivity contribution is 7.97. The van der Waals surface area contributed by atoms with Gasteiger partial charge in [-0.15, -0.1) is 0 Å². The molecule has 0 saturated carbocycles. The monoisotopic (exact) mass is 398 g/mol. The van der Waals surface area contributed by atoms with Gasteiger partial charge in [0, 0.05) is 36.4 Å². The Balaban J connectivity index is 1.42. The summed E-state index contributed by atoms with van der Waals surface area (Å²) in [6.07, 6.45) is 7.05. The highest BCUT2D eigenvalue weighted by atomic mass is 32.2. The molecule has 0 amide bonds. The van der Waals surface area contributed by atoms with Crippen molar-refractivity contribution < 1.29 is 9.94 Å². The number of thioether (sulfide) groups is 1. The molecule has 0 aliphatic carbocycles. The zero-order valence-corrected chi connectivity index (χ0v) is 16.9. The van der Waals surface area contributed by atoms with E-state index in [1.165, 1.54) is 11.1 Å². The highest BCUT2D eigenvalue weighted by Crippen LogP contribution is 2.36. The lowest BCUT2D eigenvalue weighted by Gasteiger charge is -2.34. The highest BCUT2D eigenvalue weighted by Gasteiger charge is 2.33. The predicted octanol–water partition coefficient (Wildman–Crippen LogP) is 3.33. The van der Waals surface area contributed by atoms with Crippen molar-refractivity contribution in [1.82, 2.24) is 9.88 Å². The van der Waals surface area contributed by atoms with Crippen molar-refractivity contribution in [2.75, 3.05) is 19.3 Å². The van der Waals surface area contributed by atoms with Crippen LogP contribution in [-0.4, -0.2) is 46.5 Å². The van der Waals surface area contributed by atoms with E-state index in [1.54, 1.807) is 0 Å². The molecule has 3 heterocycles. The van der Waals surface area contributed by atoms with Crippen LogP contribution < -0.4 is 10.5 Å². The molecule has 1 fully saturated rings. The largest absolute Gasteiger partial charge is 0.488 e. The standard InChI is InChI=1S/C21H26N4O2S/c1-28-13-14-2-4-15(5-3-14)18-10-17-11-19(27-20(17)12-23-18)16-6-8-25(9-7-16)21(22)24-26/h2-5,10,12,16,19,26H,6-9,11,13H2,1H3,(H2,22,24). The molecule has 1 aromatic heterocycles. The molecule has 0 radical (unpaired) electrons. The average molecular weight is 399 g/mol. The van der Waals surface area contributed by atoms with E-state index in [9.17, 15) is 0 Å². The number of ether oxygens (including phenoxy) is 1. The Morgan fingerprint density at radius 1 is 1.32 bits per heavy atom. The quantitative estimate of drug-likeness (QED) is 0.356. The lowest BCUT2D eigenvalue weighted by atomic mass is 9.89. The van der Waals surface area contributed by atoms with Crippen LogP contribution in [0, 0.1) is 5.92 Å². The number of aromatic nitrogens is 1. The van der Waals surface area contributed by atoms with Gasteiger partial charge in [-0.2, -0.15) is 11.8 Å². The maximum atomic E-state index is 8.83. The summed E-state index contributed by atoms with van der Waals surface area (Å²) in [4.78, 5) is 6.54. The van der Waals surface area contributed by atoms with Crippen molar-refractivity contribution in [1.29, 1.82) is 0 Å². The number of oxime groups is 1. The summed E-state index contributed by atoms with van der Waals surface area (Å²) in [5.41, 5.74) is 10.4. The fraction of sp³-hybridized carbons (Fsp3) is 0.429. The van der Waals surface area contributed by atoms with E-state index in [2.05, 4.69) is 46.7 Å². The first kappa shape index (κ1) is 18.9. The number of hydrogen-bond acceptors (Lipinski definition) is 5. The number of rotatable bonds is 4. The molecule has 2 aliphatic heterocycles. The summed E-state index contributed by atoms with van der Waals surface area (Å²) >= 11 is 1.83. The van der Waals surface area contributed by atoms with Crippen molar-refractivity contribution >= 4 is 17.7 Å². The van der Waals surface area contributed by atoms with Crippen LogP contribution in [-0.2, 0) is 12.2 Å². The van der Waals surface area contributed by atoms with Gasteiger partial charge in [-0.05, 0) is 36.6 Å². The lowest BCUT2D eigenvalue weighted by Crippen LogP contribution is -2.45. The molecule has 0 bridgehead atoms. The second-order valence-electron chi connectivity index (χ2n) is 7.45. The Kier molecular flexibility index (Phi) is 5.62. The molecular weight excluding hydrogens is 372 g/mol. The normalized spacial score (nSPS) is 20.1. The first-order valence-electron chi connectivity index (χ1n) is 9.64. The molecule has 0 spiro atoms. The zero-order valence-electron chi connectivity index (χ0n) is 16.0. The van der Waals surface area contributed by atoms with E-state index in [1.807, 2.05) is 22.9 Å². The van der Waals surface area contributed by atoms with Crippen molar-refractivity contribution in [3.63, 3.8) is 0 Å². The van der Waals surface area contributed by atoms with Crippen LogP contribution in [0.4, 0.5) is 0 Å². The number of fused-ring (bicyclic) bond motifs is 1. The number of nitrogens with two attached hydrogens (primary N) is 1. The molecule has 7 heteroatoms. The Labute approximate surface area is 169 Å². The lowest BCUT2D eigenvalue weighted by molar-refractivity contribution is 0.111. The Morgan fingerprint density at radius 3 is 2.75 bits per heavy atom. The van der Waals surface area contributed by atoms with Gasteiger partial charge >= 0.3 is 0 Å². The average Bonchev–Trinajstić information content (AvgIpc) is 3.17. The molecule has 1 unspecified atom stereocenters. The van der Waals surface area contributed by atoms with Gasteiger partial charge in [0.1, 0.15) is 11.9 Å². The molecule has 4 rings (SSSR count).